The van der Waals surface area contributed by atoms with Gasteiger partial charge in [0.15, 0.2) is 11.5 Å². The number of ether oxygens (including phenoxy) is 2. The molecule has 4 rings (SSSR count). The molecule has 1 N–H and O–H groups in total. The molecule has 1 aliphatic rings. The van der Waals surface area contributed by atoms with Crippen molar-refractivity contribution in [2.45, 2.75) is 19.4 Å². The zero-order chi connectivity index (χ0) is 22.8. The highest BCUT2D eigenvalue weighted by Gasteiger charge is 2.36. The molecule has 0 bridgehead atoms. The number of urea groups is 1. The van der Waals surface area contributed by atoms with E-state index in [1.165, 1.54) is 6.07 Å². The fraction of sp³-hybridized carbons (Fsp3) is 0.240. The van der Waals surface area contributed by atoms with Crippen molar-refractivity contribution in [2.75, 3.05) is 26.1 Å². The average Bonchev–Trinajstić information content (AvgIpc) is 2.77. The van der Waals surface area contributed by atoms with Crippen LogP contribution in [0.5, 0.6) is 11.5 Å². The van der Waals surface area contributed by atoms with Crippen LogP contribution in [0.3, 0.4) is 0 Å². The second kappa shape index (κ2) is 9.09. The maximum absolute atomic E-state index is 15.1. The molecule has 32 heavy (non-hydrogen) atoms. The van der Waals surface area contributed by atoms with Crippen LogP contribution in [0.1, 0.15) is 28.3 Å². The molecule has 3 aromatic rings. The number of amides is 2. The van der Waals surface area contributed by atoms with Crippen molar-refractivity contribution in [2.24, 2.45) is 0 Å². The number of halogens is 2. The number of methoxy groups -OCH3 is 2. The van der Waals surface area contributed by atoms with Gasteiger partial charge in [-0.2, -0.15) is 0 Å². The van der Waals surface area contributed by atoms with Crippen LogP contribution in [0.15, 0.2) is 54.6 Å². The molecule has 1 heterocycles. The van der Waals surface area contributed by atoms with Crippen LogP contribution in [0, 0.1) is 12.7 Å². The van der Waals surface area contributed by atoms with Gasteiger partial charge in [-0.1, -0.05) is 29.8 Å². The zero-order valence-electron chi connectivity index (χ0n) is 18.1. The van der Waals surface area contributed by atoms with Crippen LogP contribution >= 0.6 is 11.6 Å². The Morgan fingerprint density at radius 2 is 1.81 bits per heavy atom. The Bertz CT molecular complexity index is 1150. The number of anilines is 1. The Labute approximate surface area is 191 Å². The average molecular weight is 455 g/mol. The van der Waals surface area contributed by atoms with Gasteiger partial charge in [-0.25, -0.2) is 9.18 Å². The van der Waals surface area contributed by atoms with Gasteiger partial charge in [0.05, 0.1) is 20.3 Å². The summed E-state index contributed by atoms with van der Waals surface area (Å²) >= 11 is 6.46. The van der Waals surface area contributed by atoms with Gasteiger partial charge in [-0.3, -0.25) is 0 Å². The van der Waals surface area contributed by atoms with Gasteiger partial charge in [-0.05, 0) is 66.4 Å². The Hall–Kier alpha value is -3.25. The molecule has 166 valence electrons. The highest BCUT2D eigenvalue weighted by molar-refractivity contribution is 6.31. The summed E-state index contributed by atoms with van der Waals surface area (Å²) in [5.41, 5.74) is 3.65. The molecule has 0 saturated heterocycles. The Balaban J connectivity index is 1.83. The SMILES string of the molecule is COc1cc2c(cc1OC)[C@@H](c1c(F)cccc1Cl)N(C(=O)Nc1cccc(C)c1)CC2. The molecule has 0 spiro atoms. The van der Waals surface area contributed by atoms with E-state index in [9.17, 15) is 4.79 Å². The molecule has 0 aliphatic carbocycles. The summed E-state index contributed by atoms with van der Waals surface area (Å²) in [5.74, 6) is 0.616. The lowest BCUT2D eigenvalue weighted by Gasteiger charge is -2.38. The molecular weight excluding hydrogens is 431 g/mol. The summed E-state index contributed by atoms with van der Waals surface area (Å²) in [4.78, 5) is 15.0. The molecule has 1 aliphatic heterocycles. The maximum atomic E-state index is 15.1. The van der Waals surface area contributed by atoms with Crippen molar-refractivity contribution in [3.63, 3.8) is 0 Å². The van der Waals surface area contributed by atoms with Crippen molar-refractivity contribution >= 4 is 23.3 Å². The number of aryl methyl sites for hydroxylation is 1. The topological polar surface area (TPSA) is 50.8 Å². The molecule has 2 amide bonds. The summed E-state index contributed by atoms with van der Waals surface area (Å²) in [6, 6.07) is 14.7. The number of nitrogens with one attached hydrogen (secondary N) is 1. The number of hydrogen-bond donors (Lipinski definition) is 1. The fourth-order valence-corrected chi connectivity index (χ4v) is 4.43. The number of carbonyl (C=O) groups excluding carboxylic acids is 1. The molecule has 5 nitrogen and oxygen atoms in total. The molecule has 7 heteroatoms. The van der Waals surface area contributed by atoms with E-state index < -0.39 is 11.9 Å². The van der Waals surface area contributed by atoms with Gasteiger partial charge in [0.25, 0.3) is 0 Å². The number of fused-ring (bicyclic) bond motifs is 1. The standard InChI is InChI=1S/C25H24ClFN2O3/c1-15-6-4-7-17(12-15)28-25(30)29-11-10-16-13-21(31-2)22(32-3)14-18(16)24(29)23-19(26)8-5-9-20(23)27/h4-9,12-14,24H,10-11H2,1-3H3,(H,28,30)/t24-/m0/s1. The lowest BCUT2D eigenvalue weighted by Crippen LogP contribution is -2.43. The van der Waals surface area contributed by atoms with E-state index in [1.54, 1.807) is 37.3 Å². The molecular formula is C25H24ClFN2O3. The Kier molecular flexibility index (Phi) is 6.24. The van der Waals surface area contributed by atoms with Crippen molar-refractivity contribution in [1.29, 1.82) is 0 Å². The third-order valence-corrected chi connectivity index (χ3v) is 6.01. The minimum absolute atomic E-state index is 0.252. The fourth-order valence-electron chi connectivity index (χ4n) is 4.17. The van der Waals surface area contributed by atoms with E-state index >= 15 is 4.39 Å². The minimum Gasteiger partial charge on any atom is -0.493 e. The molecule has 0 unspecified atom stereocenters. The number of hydrogen-bond acceptors (Lipinski definition) is 3. The van der Waals surface area contributed by atoms with Gasteiger partial charge >= 0.3 is 6.03 Å². The lowest BCUT2D eigenvalue weighted by atomic mass is 9.87. The molecule has 0 saturated carbocycles. The summed E-state index contributed by atoms with van der Waals surface area (Å²) in [6.07, 6.45) is 0.583. The summed E-state index contributed by atoms with van der Waals surface area (Å²) in [5, 5.41) is 3.19. The zero-order valence-corrected chi connectivity index (χ0v) is 18.9. The van der Waals surface area contributed by atoms with E-state index in [2.05, 4.69) is 5.32 Å². The number of nitrogens with zero attached hydrogens (tertiary/aromatic N) is 1. The first-order valence-electron chi connectivity index (χ1n) is 10.3. The van der Waals surface area contributed by atoms with Crippen molar-refractivity contribution in [3.05, 3.63) is 87.7 Å². The van der Waals surface area contributed by atoms with Gasteiger partial charge < -0.3 is 19.7 Å². The van der Waals surface area contributed by atoms with E-state index in [1.807, 2.05) is 37.3 Å². The lowest BCUT2D eigenvalue weighted by molar-refractivity contribution is 0.192. The first-order chi connectivity index (χ1) is 15.4. The van der Waals surface area contributed by atoms with E-state index in [4.69, 9.17) is 21.1 Å². The van der Waals surface area contributed by atoms with Crippen LogP contribution in [-0.4, -0.2) is 31.7 Å². The second-order valence-corrected chi connectivity index (χ2v) is 8.09. The molecule has 0 fully saturated rings. The van der Waals surface area contributed by atoms with Gasteiger partial charge in [0.1, 0.15) is 5.82 Å². The van der Waals surface area contributed by atoms with Crippen LogP contribution < -0.4 is 14.8 Å². The Morgan fingerprint density at radius 3 is 2.50 bits per heavy atom. The third kappa shape index (κ3) is 4.10. The van der Waals surface area contributed by atoms with Crippen molar-refractivity contribution in [3.8, 4) is 11.5 Å². The van der Waals surface area contributed by atoms with Crippen LogP contribution in [-0.2, 0) is 6.42 Å². The monoisotopic (exact) mass is 454 g/mol. The summed E-state index contributed by atoms with van der Waals surface area (Å²) in [6.45, 7) is 2.34. The minimum atomic E-state index is -0.725. The molecule has 0 radical (unpaired) electrons. The van der Waals surface area contributed by atoms with Crippen molar-refractivity contribution < 1.29 is 18.7 Å². The molecule has 0 aromatic heterocycles. The van der Waals surface area contributed by atoms with E-state index in [-0.39, 0.29) is 16.6 Å². The summed E-state index contributed by atoms with van der Waals surface area (Å²) in [7, 11) is 3.11. The molecule has 3 aromatic carbocycles. The second-order valence-electron chi connectivity index (χ2n) is 7.69. The highest BCUT2D eigenvalue weighted by atomic mass is 35.5. The number of carbonyl (C=O) groups is 1. The van der Waals surface area contributed by atoms with Gasteiger partial charge in [0.2, 0.25) is 0 Å². The Morgan fingerprint density at radius 1 is 1.09 bits per heavy atom. The number of benzene rings is 3. The smallest absolute Gasteiger partial charge is 0.322 e. The predicted molar refractivity (Wildman–Crippen MR) is 123 cm³/mol. The van der Waals surface area contributed by atoms with Gasteiger partial charge in [0, 0.05) is 22.8 Å². The number of rotatable bonds is 4. The van der Waals surface area contributed by atoms with Crippen molar-refractivity contribution in [1.82, 2.24) is 4.90 Å². The molecule has 1 atom stereocenters. The third-order valence-electron chi connectivity index (χ3n) is 5.68. The van der Waals surface area contributed by atoms with Crippen LogP contribution in [0.4, 0.5) is 14.9 Å². The van der Waals surface area contributed by atoms with Crippen LogP contribution in [0.25, 0.3) is 0 Å². The van der Waals surface area contributed by atoms with E-state index in [0.29, 0.717) is 30.2 Å². The highest BCUT2D eigenvalue weighted by Crippen LogP contribution is 2.43. The first kappa shape index (κ1) is 22.0. The largest absolute Gasteiger partial charge is 0.493 e. The van der Waals surface area contributed by atoms with E-state index in [0.717, 1.165) is 16.7 Å². The normalized spacial score (nSPS) is 15.2. The quantitative estimate of drug-likeness (QED) is 0.527. The first-order valence-corrected chi connectivity index (χ1v) is 10.6. The predicted octanol–water partition coefficient (Wildman–Crippen LogP) is 5.98. The summed E-state index contributed by atoms with van der Waals surface area (Å²) < 4.78 is 26.0. The van der Waals surface area contributed by atoms with Gasteiger partial charge in [-0.15, -0.1) is 0 Å². The van der Waals surface area contributed by atoms with Crippen LogP contribution in [0.2, 0.25) is 5.02 Å². The maximum Gasteiger partial charge on any atom is 0.322 e.